The Morgan fingerprint density at radius 3 is 1.38 bits per heavy atom. The molecule has 0 aliphatic carbocycles. The standard InChI is InChI=1S/C50H53BrF17O10PSi/c1-70-36-22-20-35(21-23-36)28-73-40-39(72-26-32-14-8-5-9-15-32)37(78-42(71-24-25-80(2,3)4)41(40)74-27-33-16-10-6-11-17-33)30-76-79(69,75-29-34-18-12-7-13-19-34)77-31-38(51)43(52,53)44(54,55)45(56,57)46(58,59)47(60,61)48(62,63)49(64,65)50(66,67)68/h5-23,37-42H,24-31H2,1-4H3/t37-,38?,39+,40+,41-,42-,79?/m1/s1. The average molecular weight is 1280 g/mol. The molecule has 7 atom stereocenters. The van der Waals surface area contributed by atoms with E-state index in [2.05, 4.69) is 0 Å². The van der Waals surface area contributed by atoms with Crippen LogP contribution in [-0.2, 0) is 68.2 Å². The number of phosphoric ester groups is 1. The molecule has 1 heterocycles. The first-order valence-electron chi connectivity index (χ1n) is 23.7. The van der Waals surface area contributed by atoms with Crippen LogP contribution in [0.3, 0.4) is 0 Å². The molecule has 0 aromatic heterocycles. The Morgan fingerprint density at radius 1 is 0.512 bits per heavy atom. The zero-order valence-corrected chi connectivity index (χ0v) is 45.9. The van der Waals surface area contributed by atoms with E-state index in [-0.39, 0.29) is 32.0 Å². The van der Waals surface area contributed by atoms with Gasteiger partial charge in [0.1, 0.15) is 35.0 Å². The molecule has 0 saturated carbocycles. The maximum absolute atomic E-state index is 15.5. The molecule has 30 heteroatoms. The minimum Gasteiger partial charge on any atom is -0.497 e. The third kappa shape index (κ3) is 15.3. The van der Waals surface area contributed by atoms with Gasteiger partial charge in [-0.2, -0.15) is 74.6 Å². The van der Waals surface area contributed by atoms with Gasteiger partial charge < -0.3 is 28.4 Å². The van der Waals surface area contributed by atoms with Gasteiger partial charge in [-0.05, 0) is 40.4 Å². The monoisotopic (exact) mass is 1270 g/mol. The summed E-state index contributed by atoms with van der Waals surface area (Å²) in [6.45, 7) is 1.38. The van der Waals surface area contributed by atoms with Crippen LogP contribution in [-0.4, -0.2) is 118 Å². The fourth-order valence-corrected chi connectivity index (χ4v) is 9.83. The van der Waals surface area contributed by atoms with Crippen molar-refractivity contribution < 1.29 is 121 Å². The van der Waals surface area contributed by atoms with Crippen LogP contribution in [0.25, 0.3) is 0 Å². The van der Waals surface area contributed by atoms with Gasteiger partial charge in [0, 0.05) is 14.7 Å². The van der Waals surface area contributed by atoms with E-state index < -0.39 is 119 Å². The van der Waals surface area contributed by atoms with Gasteiger partial charge in [0.05, 0.1) is 46.8 Å². The van der Waals surface area contributed by atoms with Crippen molar-refractivity contribution in [2.75, 3.05) is 26.9 Å². The number of ether oxygens (including phenoxy) is 6. The van der Waals surface area contributed by atoms with E-state index in [0.29, 0.717) is 28.5 Å². The molecule has 448 valence electrons. The number of phosphoric acid groups is 1. The van der Waals surface area contributed by atoms with Crippen LogP contribution in [0.2, 0.25) is 25.7 Å². The molecule has 1 saturated heterocycles. The van der Waals surface area contributed by atoms with Crippen molar-refractivity contribution in [2.24, 2.45) is 0 Å². The van der Waals surface area contributed by atoms with Crippen molar-refractivity contribution in [3.63, 3.8) is 0 Å². The van der Waals surface area contributed by atoms with Gasteiger partial charge in [-0.25, -0.2) is 4.57 Å². The van der Waals surface area contributed by atoms with E-state index in [0.717, 1.165) is 0 Å². The Balaban J connectivity index is 1.53. The molecule has 1 fully saturated rings. The van der Waals surface area contributed by atoms with E-state index in [1.54, 1.807) is 101 Å². The van der Waals surface area contributed by atoms with Crippen molar-refractivity contribution in [3.05, 3.63) is 138 Å². The van der Waals surface area contributed by atoms with E-state index in [4.69, 9.17) is 42.0 Å². The second-order valence-electron chi connectivity index (χ2n) is 19.2. The lowest BCUT2D eigenvalue weighted by molar-refractivity contribution is -0.461. The normalized spacial score (nSPS) is 20.6. The molecule has 0 amide bonds. The van der Waals surface area contributed by atoms with Crippen LogP contribution in [0.5, 0.6) is 5.75 Å². The minimum absolute atomic E-state index is 0.0538. The lowest BCUT2D eigenvalue weighted by Gasteiger charge is -2.46. The lowest BCUT2D eigenvalue weighted by Crippen LogP contribution is -2.75. The lowest BCUT2D eigenvalue weighted by atomic mass is 9.88. The third-order valence-corrected chi connectivity index (χ3v) is 16.0. The summed E-state index contributed by atoms with van der Waals surface area (Å²) in [5.74, 6) is -57.9. The highest BCUT2D eigenvalue weighted by Gasteiger charge is 2.95. The smallest absolute Gasteiger partial charge is 0.475 e. The maximum atomic E-state index is 15.5. The summed E-state index contributed by atoms with van der Waals surface area (Å²) < 4.78 is 309. The molecule has 4 aromatic rings. The Kier molecular flexibility index (Phi) is 22.0. The van der Waals surface area contributed by atoms with Crippen LogP contribution in [0.1, 0.15) is 22.3 Å². The zero-order valence-electron chi connectivity index (χ0n) is 42.4. The molecular formula is C50H53BrF17O10PSi. The number of halogens is 18. The van der Waals surface area contributed by atoms with Crippen LogP contribution in [0.15, 0.2) is 115 Å². The van der Waals surface area contributed by atoms with Gasteiger partial charge in [0.2, 0.25) is 0 Å². The molecule has 2 unspecified atom stereocenters. The highest BCUT2D eigenvalue weighted by Crippen LogP contribution is 2.65. The van der Waals surface area contributed by atoms with E-state index >= 15 is 17.6 Å². The first kappa shape index (κ1) is 66.9. The molecule has 10 nitrogen and oxygen atoms in total. The van der Waals surface area contributed by atoms with Gasteiger partial charge in [0.15, 0.2) is 6.29 Å². The number of rotatable bonds is 30. The summed E-state index contributed by atoms with van der Waals surface area (Å²) in [5.41, 5.74) is 1.94. The molecule has 0 spiro atoms. The molecule has 5 rings (SSSR count). The maximum Gasteiger partial charge on any atom is 0.475 e. The van der Waals surface area contributed by atoms with E-state index in [9.17, 15) is 61.6 Å². The number of hydrogen-bond donors (Lipinski definition) is 0. The largest absolute Gasteiger partial charge is 0.497 e. The van der Waals surface area contributed by atoms with Gasteiger partial charge in [-0.3, -0.25) is 13.6 Å². The highest BCUT2D eigenvalue weighted by molar-refractivity contribution is 9.09. The molecule has 1 aliphatic heterocycles. The predicted octanol–water partition coefficient (Wildman–Crippen LogP) is 15.0. The molecule has 0 N–H and O–H groups in total. The van der Waals surface area contributed by atoms with Gasteiger partial charge in [-0.1, -0.05) is 139 Å². The second kappa shape index (κ2) is 26.3. The Morgan fingerprint density at radius 2 is 0.925 bits per heavy atom. The van der Waals surface area contributed by atoms with Crippen molar-refractivity contribution in [2.45, 2.75) is 135 Å². The fraction of sp³-hybridized carbons (Fsp3) is 0.520. The molecule has 1 aliphatic rings. The minimum atomic E-state index is -8.84. The summed E-state index contributed by atoms with van der Waals surface area (Å²) in [4.78, 5) is -3.95. The van der Waals surface area contributed by atoms with Gasteiger partial charge >= 0.3 is 55.5 Å². The van der Waals surface area contributed by atoms with Gasteiger partial charge in [0.25, 0.3) is 0 Å². The molecule has 0 radical (unpaired) electrons. The summed E-state index contributed by atoms with van der Waals surface area (Å²) in [6, 6.07) is 31.3. The quantitative estimate of drug-likeness (QED) is 0.0217. The van der Waals surface area contributed by atoms with Crippen LogP contribution < -0.4 is 4.74 Å². The number of methoxy groups -OCH3 is 1. The Bertz CT molecular complexity index is 2590. The highest BCUT2D eigenvalue weighted by atomic mass is 79.9. The topological polar surface area (TPSA) is 100 Å². The number of hydrogen-bond acceptors (Lipinski definition) is 10. The predicted molar refractivity (Wildman–Crippen MR) is 259 cm³/mol. The third-order valence-electron chi connectivity index (χ3n) is 12.0. The molecule has 0 bridgehead atoms. The van der Waals surface area contributed by atoms with E-state index in [1.807, 2.05) is 19.6 Å². The fourth-order valence-electron chi connectivity index (χ4n) is 7.28. The van der Waals surface area contributed by atoms with Crippen LogP contribution >= 0.6 is 23.8 Å². The number of benzene rings is 4. The zero-order chi connectivity index (χ0) is 59.8. The van der Waals surface area contributed by atoms with Gasteiger partial charge in [-0.15, -0.1) is 0 Å². The Hall–Kier alpha value is -3.90. The van der Waals surface area contributed by atoms with Crippen molar-refractivity contribution >= 4 is 31.8 Å². The summed E-state index contributed by atoms with van der Waals surface area (Å²) in [7, 11) is -6.13. The van der Waals surface area contributed by atoms with E-state index in [1.165, 1.54) is 37.4 Å². The SMILES string of the molecule is COc1ccc(CO[C@H]2[C@@H](OCc3ccccc3)[C@@H](COP(=O)(OCc3ccccc3)OCC(Br)C(F)(F)C(F)(F)C(F)(F)C(F)(F)C(F)(F)C(F)(F)C(F)(F)C(F)(F)F)O[C@@H](OCC[Si](C)(C)C)[C@@H]2OCc2ccccc2)cc1. The molecular weight excluding hydrogens is 1220 g/mol. The van der Waals surface area contributed by atoms with Crippen LogP contribution in [0, 0.1) is 0 Å². The summed E-state index contributed by atoms with van der Waals surface area (Å²) in [6.07, 6.45) is -14.8. The van der Waals surface area contributed by atoms with Crippen molar-refractivity contribution in [3.8, 4) is 5.75 Å². The van der Waals surface area contributed by atoms with Crippen molar-refractivity contribution in [1.82, 2.24) is 0 Å². The average Bonchev–Trinajstić information content (AvgIpc) is 3.41. The second-order valence-corrected chi connectivity index (χ2v) is 27.6. The van der Waals surface area contributed by atoms with Crippen LogP contribution in [0.4, 0.5) is 74.6 Å². The molecule has 4 aromatic carbocycles. The summed E-state index contributed by atoms with van der Waals surface area (Å²) in [5, 5.41) is 0. The first-order valence-corrected chi connectivity index (χ1v) is 29.8. The summed E-state index contributed by atoms with van der Waals surface area (Å²) >= 11 is 1.74. The number of alkyl halides is 18. The first-order chi connectivity index (χ1) is 37.0. The van der Waals surface area contributed by atoms with Crippen molar-refractivity contribution in [1.29, 1.82) is 0 Å². The Labute approximate surface area is 457 Å². The molecule has 80 heavy (non-hydrogen) atoms.